The van der Waals surface area contributed by atoms with Crippen molar-refractivity contribution < 1.29 is 22.7 Å². The van der Waals surface area contributed by atoms with Crippen LogP contribution in [0.15, 0.2) is 55.1 Å². The maximum absolute atomic E-state index is 13.5. The van der Waals surface area contributed by atoms with E-state index in [1.54, 1.807) is 24.3 Å². The summed E-state index contributed by atoms with van der Waals surface area (Å²) in [6, 6.07) is 12.7. The summed E-state index contributed by atoms with van der Waals surface area (Å²) in [5, 5.41) is 3.05. The van der Waals surface area contributed by atoms with E-state index in [1.807, 2.05) is 18.2 Å². The van der Waals surface area contributed by atoms with Crippen LogP contribution in [-0.4, -0.2) is 27.7 Å². The first-order chi connectivity index (χ1) is 15.4. The second-order valence-corrected chi connectivity index (χ2v) is 10.1. The SMILES string of the molecule is C=CCNS(=O)(=O)Cc1ccc(NC(=O)C2(c3ccc4c(c3)OCO4)CCCCC2)cc1. The highest BCUT2D eigenvalue weighted by Gasteiger charge is 2.42. The van der Waals surface area contributed by atoms with Crippen LogP contribution in [0.4, 0.5) is 5.69 Å². The highest BCUT2D eigenvalue weighted by Crippen LogP contribution is 2.44. The quantitative estimate of drug-likeness (QED) is 0.589. The first-order valence-electron chi connectivity index (χ1n) is 10.8. The van der Waals surface area contributed by atoms with Gasteiger partial charge in [0.05, 0.1) is 11.2 Å². The van der Waals surface area contributed by atoms with Crippen molar-refractivity contribution in [3.8, 4) is 11.5 Å². The second-order valence-electron chi connectivity index (χ2n) is 8.26. The lowest BCUT2D eigenvalue weighted by Crippen LogP contribution is -2.42. The third-order valence-electron chi connectivity index (χ3n) is 6.08. The van der Waals surface area contributed by atoms with Gasteiger partial charge >= 0.3 is 0 Å². The van der Waals surface area contributed by atoms with Crippen molar-refractivity contribution in [2.24, 2.45) is 0 Å². The van der Waals surface area contributed by atoms with Gasteiger partial charge in [-0.2, -0.15) is 0 Å². The monoisotopic (exact) mass is 456 g/mol. The smallest absolute Gasteiger partial charge is 0.235 e. The third kappa shape index (κ3) is 4.81. The zero-order chi connectivity index (χ0) is 22.6. The minimum absolute atomic E-state index is 0.0518. The third-order valence-corrected chi connectivity index (χ3v) is 7.40. The molecule has 4 rings (SSSR count). The largest absolute Gasteiger partial charge is 0.454 e. The summed E-state index contributed by atoms with van der Waals surface area (Å²) in [4.78, 5) is 13.5. The molecule has 2 N–H and O–H groups in total. The molecule has 0 aromatic heterocycles. The molecule has 170 valence electrons. The van der Waals surface area contributed by atoms with E-state index in [0.717, 1.165) is 37.7 Å². The fraction of sp³-hybridized carbons (Fsp3) is 0.375. The van der Waals surface area contributed by atoms with Gasteiger partial charge in [-0.05, 0) is 48.2 Å². The summed E-state index contributed by atoms with van der Waals surface area (Å²) >= 11 is 0. The molecule has 2 aromatic carbocycles. The lowest BCUT2D eigenvalue weighted by atomic mass is 9.68. The molecular formula is C24H28N2O5S. The first kappa shape index (κ1) is 22.4. The normalized spacial score (nSPS) is 17.0. The Balaban J connectivity index is 1.51. The number of hydrogen-bond donors (Lipinski definition) is 2. The molecule has 0 spiro atoms. The molecule has 0 radical (unpaired) electrons. The molecule has 1 aliphatic carbocycles. The summed E-state index contributed by atoms with van der Waals surface area (Å²) in [6.45, 7) is 3.90. The molecule has 0 saturated heterocycles. The number of ether oxygens (including phenoxy) is 2. The molecule has 1 heterocycles. The van der Waals surface area contributed by atoms with Crippen molar-refractivity contribution in [1.29, 1.82) is 0 Å². The first-order valence-corrected chi connectivity index (χ1v) is 12.5. The van der Waals surface area contributed by atoms with Gasteiger partial charge in [-0.3, -0.25) is 4.79 Å². The zero-order valence-electron chi connectivity index (χ0n) is 17.9. The van der Waals surface area contributed by atoms with Crippen LogP contribution in [0.2, 0.25) is 0 Å². The fourth-order valence-corrected chi connectivity index (χ4v) is 5.49. The number of anilines is 1. The number of sulfonamides is 1. The minimum atomic E-state index is -3.43. The van der Waals surface area contributed by atoms with Crippen molar-refractivity contribution >= 4 is 21.6 Å². The lowest BCUT2D eigenvalue weighted by molar-refractivity contribution is -0.122. The molecule has 0 unspecified atom stereocenters. The molecule has 1 amide bonds. The molecule has 2 aliphatic rings. The minimum Gasteiger partial charge on any atom is -0.454 e. The van der Waals surface area contributed by atoms with Crippen molar-refractivity contribution in [3.63, 3.8) is 0 Å². The topological polar surface area (TPSA) is 93.7 Å². The van der Waals surface area contributed by atoms with Crippen molar-refractivity contribution in [2.75, 3.05) is 18.7 Å². The zero-order valence-corrected chi connectivity index (χ0v) is 18.7. The Morgan fingerprint density at radius 3 is 2.47 bits per heavy atom. The van der Waals surface area contributed by atoms with E-state index >= 15 is 0 Å². The number of benzene rings is 2. The van der Waals surface area contributed by atoms with Gasteiger partial charge in [0, 0.05) is 12.2 Å². The van der Waals surface area contributed by atoms with Gasteiger partial charge in [-0.25, -0.2) is 13.1 Å². The molecule has 32 heavy (non-hydrogen) atoms. The van der Waals surface area contributed by atoms with E-state index < -0.39 is 15.4 Å². The Labute approximate surface area is 188 Å². The van der Waals surface area contributed by atoms with Gasteiger partial charge in [0.1, 0.15) is 0 Å². The molecule has 8 heteroatoms. The number of carbonyl (C=O) groups excluding carboxylic acids is 1. The molecule has 0 bridgehead atoms. The number of carbonyl (C=O) groups is 1. The maximum Gasteiger partial charge on any atom is 0.235 e. The number of rotatable bonds is 8. The van der Waals surface area contributed by atoms with Crippen molar-refractivity contribution in [3.05, 3.63) is 66.2 Å². The van der Waals surface area contributed by atoms with Gasteiger partial charge in [0.25, 0.3) is 0 Å². The average molecular weight is 457 g/mol. The van der Waals surface area contributed by atoms with Crippen molar-refractivity contribution in [2.45, 2.75) is 43.3 Å². The Kier molecular flexibility index (Phi) is 6.53. The molecule has 2 aromatic rings. The number of nitrogens with one attached hydrogen (secondary N) is 2. The van der Waals surface area contributed by atoms with Crippen LogP contribution in [0, 0.1) is 0 Å². The van der Waals surface area contributed by atoms with Crippen LogP contribution in [0.3, 0.4) is 0 Å². The summed E-state index contributed by atoms with van der Waals surface area (Å²) in [6.07, 6.45) is 6.11. The summed E-state index contributed by atoms with van der Waals surface area (Å²) < 4.78 is 37.5. The van der Waals surface area contributed by atoms with Crippen molar-refractivity contribution in [1.82, 2.24) is 4.72 Å². The van der Waals surface area contributed by atoms with E-state index in [-0.39, 0.29) is 25.0 Å². The highest BCUT2D eigenvalue weighted by molar-refractivity contribution is 7.88. The number of amides is 1. The predicted molar refractivity (Wildman–Crippen MR) is 123 cm³/mol. The van der Waals surface area contributed by atoms with Gasteiger partial charge in [-0.15, -0.1) is 6.58 Å². The van der Waals surface area contributed by atoms with Gasteiger partial charge in [0.2, 0.25) is 22.7 Å². The number of hydrogen-bond acceptors (Lipinski definition) is 5. The lowest BCUT2D eigenvalue weighted by Gasteiger charge is -2.36. The molecule has 1 fully saturated rings. The standard InChI is InChI=1S/C24H28N2O5S/c1-2-14-25-32(28,29)16-18-6-9-20(10-7-18)26-23(27)24(12-4-3-5-13-24)19-8-11-21-22(15-19)31-17-30-21/h2,6-11,15,25H,1,3-5,12-14,16-17H2,(H,26,27). The summed E-state index contributed by atoms with van der Waals surface area (Å²) in [5.74, 6) is 1.20. The van der Waals surface area contributed by atoms with Crippen LogP contribution < -0.4 is 19.5 Å². The van der Waals surface area contributed by atoms with Crippen LogP contribution in [0.1, 0.15) is 43.2 Å². The summed E-state index contributed by atoms with van der Waals surface area (Å²) in [5.41, 5.74) is 1.59. The van der Waals surface area contributed by atoms with E-state index in [1.165, 1.54) is 6.08 Å². The second kappa shape index (κ2) is 9.34. The van der Waals surface area contributed by atoms with E-state index in [9.17, 15) is 13.2 Å². The van der Waals surface area contributed by atoms with E-state index in [4.69, 9.17) is 9.47 Å². The average Bonchev–Trinajstić information content (AvgIpc) is 3.27. The highest BCUT2D eigenvalue weighted by atomic mass is 32.2. The molecule has 0 atom stereocenters. The molecular weight excluding hydrogens is 428 g/mol. The Morgan fingerprint density at radius 1 is 1.03 bits per heavy atom. The number of fused-ring (bicyclic) bond motifs is 1. The van der Waals surface area contributed by atoms with Gasteiger partial charge in [0.15, 0.2) is 11.5 Å². The maximum atomic E-state index is 13.5. The van der Waals surface area contributed by atoms with Crippen LogP contribution in [0.5, 0.6) is 11.5 Å². The van der Waals surface area contributed by atoms with E-state index in [2.05, 4.69) is 16.6 Å². The fourth-order valence-electron chi connectivity index (χ4n) is 4.39. The van der Waals surface area contributed by atoms with Crippen LogP contribution in [0.25, 0.3) is 0 Å². The Morgan fingerprint density at radius 2 is 1.75 bits per heavy atom. The molecule has 7 nitrogen and oxygen atoms in total. The van der Waals surface area contributed by atoms with E-state index in [0.29, 0.717) is 22.7 Å². The Hall–Kier alpha value is -2.84. The van der Waals surface area contributed by atoms with Gasteiger partial charge in [-0.1, -0.05) is 43.5 Å². The van der Waals surface area contributed by atoms with Crippen LogP contribution >= 0.6 is 0 Å². The summed E-state index contributed by atoms with van der Waals surface area (Å²) in [7, 11) is -3.43. The molecule has 1 aliphatic heterocycles. The van der Waals surface area contributed by atoms with Crippen LogP contribution in [-0.2, 0) is 26.0 Å². The van der Waals surface area contributed by atoms with Gasteiger partial charge < -0.3 is 14.8 Å². The Bertz CT molecular complexity index is 1090. The predicted octanol–water partition coefficient (Wildman–Crippen LogP) is 3.86. The molecule has 1 saturated carbocycles.